The highest BCUT2D eigenvalue weighted by Crippen LogP contribution is 2.45. The van der Waals surface area contributed by atoms with Gasteiger partial charge in [-0.05, 0) is 106 Å². The van der Waals surface area contributed by atoms with Crippen molar-refractivity contribution in [3.8, 4) is 0 Å². The first-order valence-electron chi connectivity index (χ1n) is 17.5. The lowest BCUT2D eigenvalue weighted by molar-refractivity contribution is 0.101. The summed E-state index contributed by atoms with van der Waals surface area (Å²) in [6.07, 6.45) is 0. The summed E-state index contributed by atoms with van der Waals surface area (Å²) in [6, 6.07) is 41.1. The number of para-hydroxylation sites is 2. The zero-order valence-corrected chi connectivity index (χ0v) is 34.7. The second kappa shape index (κ2) is 17.8. The molecule has 0 aromatic heterocycles. The van der Waals surface area contributed by atoms with Gasteiger partial charge in [0, 0.05) is 25.1 Å². The fourth-order valence-electron chi connectivity index (χ4n) is 5.47. The molecule has 0 amide bonds. The van der Waals surface area contributed by atoms with E-state index in [-0.39, 0.29) is 15.6 Å². The van der Waals surface area contributed by atoms with Crippen LogP contribution in [0.2, 0.25) is 0 Å². The van der Waals surface area contributed by atoms with Crippen molar-refractivity contribution in [2.75, 3.05) is 10.6 Å². The summed E-state index contributed by atoms with van der Waals surface area (Å²) in [5.74, 6) is 4.93. The number of Topliss-reactive ketones (excluding diaryl/α,β-unsaturated/α-hetero) is 1. The van der Waals surface area contributed by atoms with Crippen LogP contribution in [0.15, 0.2) is 168 Å². The van der Waals surface area contributed by atoms with Gasteiger partial charge in [-0.1, -0.05) is 95.3 Å². The van der Waals surface area contributed by atoms with Gasteiger partial charge in [-0.25, -0.2) is 8.42 Å². The van der Waals surface area contributed by atoms with Gasteiger partial charge in [-0.3, -0.25) is 10.6 Å². The molecule has 0 spiro atoms. The van der Waals surface area contributed by atoms with E-state index >= 15 is 0 Å². The number of fused-ring (bicyclic) bond motifs is 4. The zero-order chi connectivity index (χ0) is 40.7. The first-order valence-corrected chi connectivity index (χ1v) is 22.1. The van der Waals surface area contributed by atoms with Crippen LogP contribution in [0.25, 0.3) is 0 Å². The van der Waals surface area contributed by atoms with E-state index in [0.29, 0.717) is 5.71 Å². The molecule has 0 radical (unpaired) electrons. The number of nitrogens with zero attached hydrogens (tertiary/aromatic N) is 1. The Hall–Kier alpha value is -5.42. The number of nitrogens with one attached hydrogen (secondary N) is 4. The number of hydrazone groups is 1. The molecule has 15 heteroatoms. The number of anilines is 4. The van der Waals surface area contributed by atoms with E-state index in [9.17, 15) is 21.6 Å². The highest BCUT2D eigenvalue weighted by Gasteiger charge is 2.18. The molecule has 0 bridgehead atoms. The molecule has 292 valence electrons. The lowest BCUT2D eigenvalue weighted by Crippen LogP contribution is -2.30. The molecule has 11 nitrogen and oxygen atoms in total. The molecule has 6 aromatic rings. The minimum atomic E-state index is -3.69. The van der Waals surface area contributed by atoms with Gasteiger partial charge in [-0.15, -0.1) is 0 Å². The van der Waals surface area contributed by atoms with E-state index in [2.05, 4.69) is 32.7 Å². The highest BCUT2D eigenvalue weighted by atomic mass is 32.2. The molecule has 2 aliphatic heterocycles. The summed E-state index contributed by atoms with van der Waals surface area (Å²) < 4.78 is 47.0. The van der Waals surface area contributed by atoms with Crippen LogP contribution in [0.5, 0.6) is 0 Å². The number of nitrogens with two attached hydrogens (primary N) is 1. The highest BCUT2D eigenvalue weighted by molar-refractivity contribution is 8.00. The summed E-state index contributed by atoms with van der Waals surface area (Å²) in [4.78, 5) is 20.5. The quantitative estimate of drug-likeness (QED) is 0.0451. The number of sulfonamides is 2. The summed E-state index contributed by atoms with van der Waals surface area (Å²) >= 11 is 3.43. The monoisotopic (exact) mass is 836 g/mol. The van der Waals surface area contributed by atoms with Crippen LogP contribution in [0.4, 0.5) is 22.7 Å². The number of hydrazine groups is 1. The third-order valence-electron chi connectivity index (χ3n) is 8.69. The van der Waals surface area contributed by atoms with Gasteiger partial charge in [0.1, 0.15) is 0 Å². The van der Waals surface area contributed by atoms with Crippen molar-refractivity contribution < 1.29 is 21.6 Å². The van der Waals surface area contributed by atoms with E-state index in [1.807, 2.05) is 86.6 Å². The Balaban J connectivity index is 0.000000160. The number of carbonyl (C=O) groups is 1. The van der Waals surface area contributed by atoms with Gasteiger partial charge >= 0.3 is 0 Å². The lowest BCUT2D eigenvalue weighted by Gasteiger charge is -2.21. The first-order chi connectivity index (χ1) is 27.2. The Morgan fingerprint density at radius 3 is 1.46 bits per heavy atom. The normalized spacial score (nSPS) is 12.6. The second-order valence-electron chi connectivity index (χ2n) is 13.0. The summed E-state index contributed by atoms with van der Waals surface area (Å²) in [6.45, 7) is 7.16. The maximum Gasteiger partial charge on any atom is 0.276 e. The van der Waals surface area contributed by atoms with Gasteiger partial charge < -0.3 is 10.6 Å². The second-order valence-corrected chi connectivity index (χ2v) is 18.5. The summed E-state index contributed by atoms with van der Waals surface area (Å²) in [5, 5.41) is 10.9. The molecule has 0 fully saturated rings. The van der Waals surface area contributed by atoms with E-state index in [1.165, 1.54) is 21.9 Å². The Morgan fingerprint density at radius 2 is 0.982 bits per heavy atom. The molecule has 2 heterocycles. The van der Waals surface area contributed by atoms with Crippen molar-refractivity contribution in [1.82, 2.24) is 9.66 Å². The fourth-order valence-corrected chi connectivity index (χ4v) is 8.90. The van der Waals surface area contributed by atoms with Crippen LogP contribution in [0.3, 0.4) is 0 Å². The Kier molecular flexibility index (Phi) is 12.9. The molecule has 6 N–H and O–H groups in total. The average molecular weight is 837 g/mol. The van der Waals surface area contributed by atoms with Crippen LogP contribution in [-0.2, 0) is 20.0 Å². The van der Waals surface area contributed by atoms with Crippen molar-refractivity contribution in [3.05, 3.63) is 156 Å². The van der Waals surface area contributed by atoms with Crippen molar-refractivity contribution in [1.29, 1.82) is 0 Å². The third kappa shape index (κ3) is 10.3. The number of carbonyl (C=O) groups excluding carboxylic acids is 1. The molecule has 2 aliphatic rings. The molecule has 0 aliphatic carbocycles. The van der Waals surface area contributed by atoms with Crippen LogP contribution < -0.4 is 26.1 Å². The molecule has 0 saturated heterocycles. The molecular weight excluding hydrogens is 797 g/mol. The number of benzene rings is 6. The van der Waals surface area contributed by atoms with E-state index in [1.54, 1.807) is 78.6 Å². The van der Waals surface area contributed by atoms with Crippen LogP contribution in [-0.4, -0.2) is 28.3 Å². The largest absolute Gasteiger partial charge is 0.354 e. The third-order valence-corrected chi connectivity index (χ3v) is 13.4. The van der Waals surface area contributed by atoms with E-state index in [0.717, 1.165) is 54.8 Å². The Morgan fingerprint density at radius 1 is 0.561 bits per heavy atom. The number of hydrogen-bond acceptors (Lipinski definition) is 11. The minimum absolute atomic E-state index is 0.0958. The molecule has 8 rings (SSSR count). The van der Waals surface area contributed by atoms with E-state index in [4.69, 9.17) is 5.84 Å². The van der Waals surface area contributed by atoms with Gasteiger partial charge in [0.15, 0.2) is 5.78 Å². The first kappa shape index (κ1) is 41.2. The van der Waals surface area contributed by atoms with Gasteiger partial charge in [0.25, 0.3) is 20.0 Å². The summed E-state index contributed by atoms with van der Waals surface area (Å²) in [7, 11) is -7.18. The van der Waals surface area contributed by atoms with Gasteiger partial charge in [0.2, 0.25) is 0 Å². The Labute approximate surface area is 341 Å². The summed E-state index contributed by atoms with van der Waals surface area (Å²) in [5.41, 5.74) is 8.35. The van der Waals surface area contributed by atoms with Crippen molar-refractivity contribution in [2.24, 2.45) is 10.9 Å². The molecule has 6 aromatic carbocycles. The fraction of sp³-hybridized carbons (Fsp3) is 0.0952. The Bertz CT molecular complexity index is 2690. The van der Waals surface area contributed by atoms with Gasteiger partial charge in [-0.2, -0.15) is 23.2 Å². The number of ketones is 1. The van der Waals surface area contributed by atoms with Crippen molar-refractivity contribution in [2.45, 2.75) is 57.1 Å². The zero-order valence-electron chi connectivity index (χ0n) is 31.4. The molecule has 0 saturated carbocycles. The van der Waals surface area contributed by atoms with Gasteiger partial charge in [0.05, 0.1) is 38.3 Å². The van der Waals surface area contributed by atoms with Crippen molar-refractivity contribution in [3.63, 3.8) is 0 Å². The number of hydrogen-bond donors (Lipinski definition) is 5. The van der Waals surface area contributed by atoms with Crippen molar-refractivity contribution >= 4 is 77.8 Å². The lowest BCUT2D eigenvalue weighted by atomic mass is 10.1. The average Bonchev–Trinajstić information content (AvgIpc) is 3.21. The topological polar surface area (TPSA) is 172 Å². The number of rotatable bonds is 7. The standard InChI is InChI=1S/C21H19N3O2S2.C14H11NOS.C7H10N2O2S/c1-14-7-10-17(11-8-14)28(25,26)24-23-15(2)16-9-12-21-19(13-16)22-18-5-3-4-6-20(18)27-21;1-9(16)10-6-7-14-12(8-10)15-11-4-2-3-5-13(11)17-14;1-6-2-4-7(5-3-6)12(10,11)9-8/h3-13,22,24H,1-2H3;2-8,15H,1H3;2-5,9H,8H2,1H3/b23-15+;;. The predicted octanol–water partition coefficient (Wildman–Crippen LogP) is 9.15. The molecule has 57 heavy (non-hydrogen) atoms. The van der Waals surface area contributed by atoms with Crippen LogP contribution >= 0.6 is 23.5 Å². The SMILES string of the molecule is C/C(=N\NS(=O)(=O)c1ccc(C)cc1)c1ccc2c(c1)Nc1ccccc1S2.CC(=O)c1ccc2c(c1)Nc1ccccc1S2.Cc1ccc(S(=O)(=O)NN)cc1. The maximum atomic E-state index is 12.4. The smallest absolute Gasteiger partial charge is 0.276 e. The molecular formula is C42H40N6O5S4. The van der Waals surface area contributed by atoms with E-state index < -0.39 is 20.0 Å². The minimum Gasteiger partial charge on any atom is -0.354 e. The van der Waals surface area contributed by atoms with Crippen LogP contribution in [0.1, 0.15) is 40.9 Å². The molecule has 0 unspecified atom stereocenters. The predicted molar refractivity (Wildman–Crippen MR) is 230 cm³/mol. The molecule has 0 atom stereocenters. The maximum absolute atomic E-state index is 12.4. The number of aryl methyl sites for hydroxylation is 2. The van der Waals surface area contributed by atoms with Crippen LogP contribution in [0, 0.1) is 13.8 Å².